The third kappa shape index (κ3) is 6.96. The molecule has 0 amide bonds. The van der Waals surface area contributed by atoms with E-state index in [1.165, 1.54) is 5.56 Å². The second-order valence-corrected chi connectivity index (χ2v) is 5.45. The minimum atomic E-state index is -0.160. The molecule has 2 rings (SSSR count). The molecule has 2 aromatic rings. The van der Waals surface area contributed by atoms with E-state index in [2.05, 4.69) is 4.98 Å². The number of nitrogens with zero attached hydrogens (tertiary/aromatic N) is 1. The Balaban J connectivity index is 1.52. The van der Waals surface area contributed by atoms with Crippen LogP contribution in [0.4, 0.5) is 0 Å². The molecule has 1 aromatic carbocycles. The van der Waals surface area contributed by atoms with Crippen LogP contribution in [0.3, 0.4) is 0 Å². The lowest BCUT2D eigenvalue weighted by Crippen LogP contribution is -2.08. The first kappa shape index (κ1) is 17.0. The van der Waals surface area contributed by atoms with Crippen molar-refractivity contribution in [3.05, 3.63) is 59.9 Å². The fourth-order valence-corrected chi connectivity index (χ4v) is 2.20. The second-order valence-electron chi connectivity index (χ2n) is 5.45. The molecule has 0 aliphatic rings. The normalized spacial score (nSPS) is 10.3. The molecule has 0 atom stereocenters. The van der Waals surface area contributed by atoms with E-state index in [-0.39, 0.29) is 5.97 Å². The zero-order chi connectivity index (χ0) is 16.3. The Morgan fingerprint density at radius 1 is 1.09 bits per heavy atom. The van der Waals surface area contributed by atoms with Crippen LogP contribution in [0.25, 0.3) is 0 Å². The number of aromatic nitrogens is 1. The maximum absolute atomic E-state index is 11.6. The van der Waals surface area contributed by atoms with Crippen molar-refractivity contribution in [2.45, 2.75) is 32.6 Å². The SMILES string of the molecule is Cc1cccc(OCCCC(=O)OCCCc2ccncc2)c1. The summed E-state index contributed by atoms with van der Waals surface area (Å²) in [4.78, 5) is 15.6. The molecule has 0 bridgehead atoms. The van der Waals surface area contributed by atoms with Crippen LogP contribution in [-0.2, 0) is 16.0 Å². The number of esters is 1. The average molecular weight is 313 g/mol. The van der Waals surface area contributed by atoms with Crippen LogP contribution < -0.4 is 4.74 Å². The number of benzene rings is 1. The summed E-state index contributed by atoms with van der Waals surface area (Å²) in [5, 5.41) is 0. The summed E-state index contributed by atoms with van der Waals surface area (Å²) in [6, 6.07) is 11.8. The Morgan fingerprint density at radius 3 is 2.70 bits per heavy atom. The van der Waals surface area contributed by atoms with Crippen LogP contribution in [0.15, 0.2) is 48.8 Å². The second kappa shape index (κ2) is 9.62. The minimum absolute atomic E-state index is 0.160. The molecule has 0 fully saturated rings. The minimum Gasteiger partial charge on any atom is -0.494 e. The van der Waals surface area contributed by atoms with Gasteiger partial charge in [-0.2, -0.15) is 0 Å². The monoisotopic (exact) mass is 313 g/mol. The fraction of sp³-hybridized carbons (Fsp3) is 0.368. The number of carbonyl (C=O) groups excluding carboxylic acids is 1. The van der Waals surface area contributed by atoms with E-state index in [9.17, 15) is 4.79 Å². The van der Waals surface area contributed by atoms with Crippen molar-refractivity contribution < 1.29 is 14.3 Å². The van der Waals surface area contributed by atoms with Crippen molar-refractivity contribution >= 4 is 5.97 Å². The van der Waals surface area contributed by atoms with E-state index in [4.69, 9.17) is 9.47 Å². The molecule has 4 heteroatoms. The molecule has 1 heterocycles. The van der Waals surface area contributed by atoms with Gasteiger partial charge in [-0.3, -0.25) is 9.78 Å². The van der Waals surface area contributed by atoms with Crippen LogP contribution in [0.2, 0.25) is 0 Å². The molecule has 0 aliphatic heterocycles. The van der Waals surface area contributed by atoms with E-state index in [0.29, 0.717) is 26.1 Å². The number of aryl methyl sites for hydroxylation is 2. The standard InChI is InChI=1S/C19H23NO3/c1-16-5-2-7-18(15-16)22-13-4-8-19(21)23-14-3-6-17-9-11-20-12-10-17/h2,5,7,9-12,15H,3-4,6,8,13-14H2,1H3. The molecule has 0 N–H and O–H groups in total. The van der Waals surface area contributed by atoms with Gasteiger partial charge in [0.15, 0.2) is 0 Å². The molecule has 122 valence electrons. The Bertz CT molecular complexity index is 599. The van der Waals surface area contributed by atoms with Crippen LogP contribution in [0.1, 0.15) is 30.4 Å². The lowest BCUT2D eigenvalue weighted by molar-refractivity contribution is -0.144. The summed E-state index contributed by atoms with van der Waals surface area (Å²) < 4.78 is 10.8. The highest BCUT2D eigenvalue weighted by Gasteiger charge is 2.03. The van der Waals surface area contributed by atoms with Crippen molar-refractivity contribution in [1.82, 2.24) is 4.98 Å². The highest BCUT2D eigenvalue weighted by Crippen LogP contribution is 2.12. The van der Waals surface area contributed by atoms with E-state index in [1.54, 1.807) is 12.4 Å². The molecule has 0 unspecified atom stereocenters. The smallest absolute Gasteiger partial charge is 0.305 e. The number of ether oxygens (including phenoxy) is 2. The van der Waals surface area contributed by atoms with Gasteiger partial charge in [0, 0.05) is 18.8 Å². The highest BCUT2D eigenvalue weighted by atomic mass is 16.5. The first-order valence-electron chi connectivity index (χ1n) is 7.98. The van der Waals surface area contributed by atoms with Crippen molar-refractivity contribution in [2.75, 3.05) is 13.2 Å². The number of rotatable bonds is 9. The molecule has 0 spiro atoms. The molecular formula is C19H23NO3. The molecule has 23 heavy (non-hydrogen) atoms. The van der Waals surface area contributed by atoms with Gasteiger partial charge in [-0.1, -0.05) is 12.1 Å². The van der Waals surface area contributed by atoms with E-state index in [0.717, 1.165) is 24.2 Å². The van der Waals surface area contributed by atoms with Gasteiger partial charge in [0.05, 0.1) is 13.2 Å². The fourth-order valence-electron chi connectivity index (χ4n) is 2.20. The van der Waals surface area contributed by atoms with Gasteiger partial charge in [0.25, 0.3) is 0 Å². The number of pyridine rings is 1. The van der Waals surface area contributed by atoms with Gasteiger partial charge >= 0.3 is 5.97 Å². The molecule has 4 nitrogen and oxygen atoms in total. The Morgan fingerprint density at radius 2 is 1.91 bits per heavy atom. The van der Waals surface area contributed by atoms with Gasteiger partial charge in [-0.15, -0.1) is 0 Å². The summed E-state index contributed by atoms with van der Waals surface area (Å²) >= 11 is 0. The lowest BCUT2D eigenvalue weighted by Gasteiger charge is -2.07. The maximum atomic E-state index is 11.6. The van der Waals surface area contributed by atoms with Crippen LogP contribution in [0.5, 0.6) is 5.75 Å². The zero-order valence-corrected chi connectivity index (χ0v) is 13.5. The van der Waals surface area contributed by atoms with E-state index < -0.39 is 0 Å². The summed E-state index contributed by atoms with van der Waals surface area (Å²) in [6.07, 6.45) is 6.32. The number of hydrogen-bond donors (Lipinski definition) is 0. The van der Waals surface area contributed by atoms with Crippen LogP contribution in [-0.4, -0.2) is 24.2 Å². The topological polar surface area (TPSA) is 48.4 Å². The van der Waals surface area contributed by atoms with Gasteiger partial charge in [0.2, 0.25) is 0 Å². The third-order valence-corrected chi connectivity index (χ3v) is 3.41. The molecule has 0 saturated heterocycles. The molecule has 0 radical (unpaired) electrons. The van der Waals surface area contributed by atoms with Gasteiger partial charge < -0.3 is 9.47 Å². The Labute approximate surface area is 137 Å². The molecular weight excluding hydrogens is 290 g/mol. The van der Waals surface area contributed by atoms with Gasteiger partial charge in [-0.05, 0) is 61.6 Å². The predicted molar refractivity (Wildman–Crippen MR) is 89.4 cm³/mol. The predicted octanol–water partition coefficient (Wildman–Crippen LogP) is 3.73. The van der Waals surface area contributed by atoms with Crippen molar-refractivity contribution in [2.24, 2.45) is 0 Å². The largest absolute Gasteiger partial charge is 0.494 e. The maximum Gasteiger partial charge on any atom is 0.305 e. The summed E-state index contributed by atoms with van der Waals surface area (Å²) in [7, 11) is 0. The average Bonchev–Trinajstić information content (AvgIpc) is 2.57. The number of hydrogen-bond acceptors (Lipinski definition) is 4. The lowest BCUT2D eigenvalue weighted by atomic mass is 10.1. The first-order chi connectivity index (χ1) is 11.2. The Hall–Kier alpha value is -2.36. The van der Waals surface area contributed by atoms with Gasteiger partial charge in [-0.25, -0.2) is 0 Å². The third-order valence-electron chi connectivity index (χ3n) is 3.41. The van der Waals surface area contributed by atoms with Crippen molar-refractivity contribution in [3.8, 4) is 5.75 Å². The first-order valence-corrected chi connectivity index (χ1v) is 7.98. The summed E-state index contributed by atoms with van der Waals surface area (Å²) in [6.45, 7) is 3.01. The molecule has 1 aromatic heterocycles. The van der Waals surface area contributed by atoms with E-state index >= 15 is 0 Å². The van der Waals surface area contributed by atoms with Crippen molar-refractivity contribution in [1.29, 1.82) is 0 Å². The van der Waals surface area contributed by atoms with E-state index in [1.807, 2.05) is 43.3 Å². The molecule has 0 saturated carbocycles. The van der Waals surface area contributed by atoms with Crippen LogP contribution in [0, 0.1) is 6.92 Å². The van der Waals surface area contributed by atoms with Crippen LogP contribution >= 0.6 is 0 Å². The highest BCUT2D eigenvalue weighted by molar-refractivity contribution is 5.69. The summed E-state index contributed by atoms with van der Waals surface area (Å²) in [5.41, 5.74) is 2.37. The quantitative estimate of drug-likeness (QED) is 0.523. The summed E-state index contributed by atoms with van der Waals surface area (Å²) in [5.74, 6) is 0.684. The van der Waals surface area contributed by atoms with Gasteiger partial charge in [0.1, 0.15) is 5.75 Å². The zero-order valence-electron chi connectivity index (χ0n) is 13.5. The number of carbonyl (C=O) groups is 1. The molecule has 0 aliphatic carbocycles. The van der Waals surface area contributed by atoms with Crippen molar-refractivity contribution in [3.63, 3.8) is 0 Å². The Kier molecular flexibility index (Phi) is 7.11.